The summed E-state index contributed by atoms with van der Waals surface area (Å²) in [4.78, 5) is 24.4. The molecule has 0 aromatic carbocycles. The molecule has 0 aromatic heterocycles. The van der Waals surface area contributed by atoms with E-state index >= 15 is 0 Å². The van der Waals surface area contributed by atoms with Crippen LogP contribution in [0.5, 0.6) is 0 Å². The minimum absolute atomic E-state index is 0.00227. The van der Waals surface area contributed by atoms with Crippen molar-refractivity contribution in [1.29, 1.82) is 0 Å². The fraction of sp³-hybridized carbons (Fsp3) is 0.949. The second-order valence-corrected chi connectivity index (χ2v) is 14.2. The molecular formula is C39H76O26. The van der Waals surface area contributed by atoms with Gasteiger partial charge in [-0.1, -0.05) is 0 Å². The van der Waals surface area contributed by atoms with Crippen LogP contribution in [-0.4, -0.2) is 278 Å². The number of aliphatic hydroxyl groups is 8. The van der Waals surface area contributed by atoms with Gasteiger partial charge in [0.2, 0.25) is 0 Å². The molecule has 388 valence electrons. The third-order valence-electron chi connectivity index (χ3n) is 8.29. The first-order valence-corrected chi connectivity index (χ1v) is 21.1. The van der Waals surface area contributed by atoms with Crippen LogP contribution in [-0.2, 0) is 75.8 Å². The maximum absolute atomic E-state index is 12.2. The van der Waals surface area contributed by atoms with Gasteiger partial charge in [-0.25, -0.2) is 9.59 Å². The first-order valence-electron chi connectivity index (χ1n) is 21.1. The van der Waals surface area contributed by atoms with E-state index in [1.54, 1.807) is 0 Å². The van der Waals surface area contributed by atoms with Crippen molar-refractivity contribution in [2.75, 3.05) is 225 Å². The number of ether oxygens (including phenoxy) is 16. The van der Waals surface area contributed by atoms with E-state index in [-0.39, 0.29) is 211 Å². The second kappa shape index (κ2) is 44.3. The van der Waals surface area contributed by atoms with Gasteiger partial charge in [-0.05, 0) is 0 Å². The van der Waals surface area contributed by atoms with Crippen molar-refractivity contribution in [2.45, 2.75) is 0 Å². The molecule has 0 saturated heterocycles. The van der Waals surface area contributed by atoms with Gasteiger partial charge < -0.3 is 117 Å². The van der Waals surface area contributed by atoms with Crippen molar-refractivity contribution >= 4 is 12.3 Å². The van der Waals surface area contributed by atoms with Gasteiger partial charge in [0.25, 0.3) is 0 Å². The lowest BCUT2D eigenvalue weighted by atomic mass is 9.92. The average molecular weight is 961 g/mol. The van der Waals surface area contributed by atoms with Crippen LogP contribution in [0.4, 0.5) is 9.59 Å². The number of aliphatic hydroxyl groups excluding tert-OH is 8. The molecule has 65 heavy (non-hydrogen) atoms. The maximum Gasteiger partial charge on any atom is 0.508 e. The number of carbonyl (C=O) groups is 2. The van der Waals surface area contributed by atoms with Gasteiger partial charge in [-0.3, -0.25) is 0 Å². The third kappa shape index (κ3) is 34.7. The van der Waals surface area contributed by atoms with Crippen LogP contribution in [0.1, 0.15) is 0 Å². The van der Waals surface area contributed by atoms with Crippen molar-refractivity contribution in [1.82, 2.24) is 0 Å². The quantitative estimate of drug-likeness (QED) is 0.0165. The zero-order chi connectivity index (χ0) is 48.0. The Morgan fingerprint density at radius 3 is 0.585 bits per heavy atom. The fourth-order valence-electron chi connectivity index (χ4n) is 5.37. The summed E-state index contributed by atoms with van der Waals surface area (Å²) in [5.74, 6) is 0. The van der Waals surface area contributed by atoms with E-state index in [2.05, 4.69) is 0 Å². The summed E-state index contributed by atoms with van der Waals surface area (Å²) in [7, 11) is 0. The van der Waals surface area contributed by atoms with Crippen LogP contribution < -0.4 is 0 Å². The predicted octanol–water partition coefficient (Wildman–Crippen LogP) is -3.70. The third-order valence-corrected chi connectivity index (χ3v) is 8.29. The van der Waals surface area contributed by atoms with E-state index in [0.29, 0.717) is 0 Å². The maximum atomic E-state index is 12.2. The molecule has 26 heteroatoms. The van der Waals surface area contributed by atoms with Gasteiger partial charge in [-0.15, -0.1) is 0 Å². The Morgan fingerprint density at radius 2 is 0.415 bits per heavy atom. The Bertz CT molecular complexity index is 1030. The second-order valence-electron chi connectivity index (χ2n) is 14.2. The standard InChI is InChI=1S/C39H76O26/c40-1-7-50-21-37(22-51-8-2-41,23-52-9-3-42)27-56-13-17-62-35(48)64-19-15-58-29-39(32-61-34-47,26-55-12-6-45)30-59-16-20-65-36(49)63-18-14-57-28-38(31-60-33-46,24-53-10-4-43)25-54-11-5-44/h40-47H,1-34H2. The normalized spacial score (nSPS) is 12.9. The highest BCUT2D eigenvalue weighted by molar-refractivity contribution is 5.60. The fourth-order valence-corrected chi connectivity index (χ4v) is 5.37. The molecule has 1 unspecified atom stereocenters. The van der Waals surface area contributed by atoms with E-state index in [1.807, 2.05) is 0 Å². The zero-order valence-electron chi connectivity index (χ0n) is 37.5. The van der Waals surface area contributed by atoms with Crippen molar-refractivity contribution in [2.24, 2.45) is 16.2 Å². The van der Waals surface area contributed by atoms with Crippen molar-refractivity contribution in [3.63, 3.8) is 0 Å². The molecule has 0 saturated carbocycles. The molecule has 0 aliphatic carbocycles. The van der Waals surface area contributed by atoms with Crippen LogP contribution in [0.15, 0.2) is 0 Å². The monoisotopic (exact) mass is 960 g/mol. The molecule has 8 N–H and O–H groups in total. The van der Waals surface area contributed by atoms with Gasteiger partial charge in [0, 0.05) is 0 Å². The summed E-state index contributed by atoms with van der Waals surface area (Å²) in [5.41, 5.74) is -2.78. The molecule has 0 aromatic rings. The minimum Gasteiger partial charge on any atom is -0.432 e. The first kappa shape index (κ1) is 62.7. The van der Waals surface area contributed by atoms with Crippen molar-refractivity contribution in [3.05, 3.63) is 0 Å². The Morgan fingerprint density at radius 1 is 0.246 bits per heavy atom. The van der Waals surface area contributed by atoms with E-state index in [1.165, 1.54) is 0 Å². The van der Waals surface area contributed by atoms with Crippen LogP contribution in [0, 0.1) is 16.2 Å². The molecule has 0 heterocycles. The van der Waals surface area contributed by atoms with Crippen LogP contribution in [0.2, 0.25) is 0 Å². The van der Waals surface area contributed by atoms with E-state index < -0.39 is 42.1 Å². The molecule has 0 amide bonds. The van der Waals surface area contributed by atoms with Gasteiger partial charge in [0.05, 0.1) is 201 Å². The highest BCUT2D eigenvalue weighted by atomic mass is 16.7. The Kier molecular flexibility index (Phi) is 42.7. The Balaban J connectivity index is 4.88. The molecule has 0 spiro atoms. The summed E-state index contributed by atoms with van der Waals surface area (Å²) < 4.78 is 86.4. The first-order chi connectivity index (χ1) is 31.7. The average Bonchev–Trinajstić information content (AvgIpc) is 3.30. The number of hydrogen-bond acceptors (Lipinski definition) is 26. The lowest BCUT2D eigenvalue weighted by Gasteiger charge is -2.32. The molecule has 0 aliphatic rings. The highest BCUT2D eigenvalue weighted by Gasteiger charge is 2.35. The SMILES string of the molecule is O=C(OCCOCC(COCO)(COCCO)COCCO)OCCOCC(COCO)(COCCO)COCCOC(=O)OCCOCC(COCCO)(COCCO)COCCO. The van der Waals surface area contributed by atoms with Crippen LogP contribution in [0.25, 0.3) is 0 Å². The summed E-state index contributed by atoms with van der Waals surface area (Å²) in [6.45, 7) is -3.24. The smallest absolute Gasteiger partial charge is 0.432 e. The van der Waals surface area contributed by atoms with E-state index in [0.717, 1.165) is 0 Å². The predicted molar refractivity (Wildman–Crippen MR) is 219 cm³/mol. The van der Waals surface area contributed by atoms with Crippen molar-refractivity contribution in [3.8, 4) is 0 Å². The topological polar surface area (TPSA) is 344 Å². The number of rotatable bonds is 50. The van der Waals surface area contributed by atoms with Crippen LogP contribution >= 0.6 is 0 Å². The zero-order valence-corrected chi connectivity index (χ0v) is 37.5. The van der Waals surface area contributed by atoms with Gasteiger partial charge in [0.15, 0.2) is 0 Å². The summed E-state index contributed by atoms with van der Waals surface area (Å²) in [6, 6.07) is 0. The lowest BCUT2D eigenvalue weighted by Crippen LogP contribution is -2.42. The number of hydrogen-bond donors (Lipinski definition) is 8. The molecule has 26 nitrogen and oxygen atoms in total. The molecule has 0 fully saturated rings. The molecule has 0 aliphatic heterocycles. The minimum atomic E-state index is -1.03. The summed E-state index contributed by atoms with van der Waals surface area (Å²) in [5, 5.41) is 73.3. The van der Waals surface area contributed by atoms with E-state index in [4.69, 9.17) is 106 Å². The molecule has 0 radical (unpaired) electrons. The Labute approximate surface area is 379 Å². The van der Waals surface area contributed by atoms with Crippen molar-refractivity contribution < 1.29 is 126 Å². The lowest BCUT2D eigenvalue weighted by molar-refractivity contribution is -0.134. The van der Waals surface area contributed by atoms with Gasteiger partial charge in [0.1, 0.15) is 40.0 Å². The van der Waals surface area contributed by atoms with Crippen LogP contribution in [0.3, 0.4) is 0 Å². The van der Waals surface area contributed by atoms with Gasteiger partial charge in [-0.2, -0.15) is 0 Å². The highest BCUT2D eigenvalue weighted by Crippen LogP contribution is 2.23. The van der Waals surface area contributed by atoms with E-state index in [9.17, 15) is 19.8 Å². The Hall–Kier alpha value is -2.26. The molecule has 0 bridgehead atoms. The summed E-state index contributed by atoms with van der Waals surface area (Å²) >= 11 is 0. The molecule has 0 rings (SSSR count). The summed E-state index contributed by atoms with van der Waals surface area (Å²) in [6.07, 6.45) is -1.99. The van der Waals surface area contributed by atoms with Gasteiger partial charge >= 0.3 is 12.3 Å². The number of carbonyl (C=O) groups excluding carboxylic acids is 2. The molecule has 1 atom stereocenters. The largest absolute Gasteiger partial charge is 0.508 e. The molecular weight excluding hydrogens is 884 g/mol.